The average molecular weight is 249 g/mol. The van der Waals surface area contributed by atoms with Gasteiger partial charge in [-0.1, -0.05) is 12.8 Å². The van der Waals surface area contributed by atoms with Crippen LogP contribution in [0, 0.1) is 6.92 Å². The molecule has 1 saturated carbocycles. The molecule has 0 saturated heterocycles. The van der Waals surface area contributed by atoms with E-state index in [4.69, 9.17) is 4.74 Å². The first kappa shape index (κ1) is 13.4. The van der Waals surface area contributed by atoms with Crippen LogP contribution >= 0.6 is 0 Å². The second kappa shape index (κ2) is 6.81. The molecule has 1 heterocycles. The molecule has 0 amide bonds. The average Bonchev–Trinajstić information content (AvgIpc) is 2.88. The summed E-state index contributed by atoms with van der Waals surface area (Å²) >= 11 is 0. The zero-order valence-electron chi connectivity index (χ0n) is 11.4. The molecule has 1 aromatic heterocycles. The van der Waals surface area contributed by atoms with Crippen LogP contribution in [-0.2, 0) is 4.74 Å². The van der Waals surface area contributed by atoms with Gasteiger partial charge in [0.2, 0.25) is 0 Å². The van der Waals surface area contributed by atoms with E-state index in [-0.39, 0.29) is 6.04 Å². The molecule has 4 nitrogen and oxygen atoms in total. The third-order valence-corrected chi connectivity index (χ3v) is 3.54. The number of nitrogens with zero attached hydrogens (tertiary/aromatic N) is 2. The number of rotatable bonds is 6. The molecule has 100 valence electrons. The minimum Gasteiger partial charge on any atom is -0.377 e. The van der Waals surface area contributed by atoms with Gasteiger partial charge in [-0.15, -0.1) is 0 Å². The number of nitrogens with one attached hydrogen (secondary N) is 1. The fourth-order valence-corrected chi connectivity index (χ4v) is 2.50. The minimum absolute atomic E-state index is 0.228. The van der Waals surface area contributed by atoms with Crippen molar-refractivity contribution in [1.82, 2.24) is 15.3 Å². The molecule has 1 fully saturated rings. The van der Waals surface area contributed by atoms with Crippen LogP contribution in [0.2, 0.25) is 0 Å². The number of hydrogen-bond acceptors (Lipinski definition) is 4. The van der Waals surface area contributed by atoms with Crippen molar-refractivity contribution >= 4 is 0 Å². The van der Waals surface area contributed by atoms with Crippen molar-refractivity contribution in [1.29, 1.82) is 0 Å². The highest BCUT2D eigenvalue weighted by Gasteiger charge is 2.15. The molecule has 1 unspecified atom stereocenters. The maximum absolute atomic E-state index is 5.82. The molecular weight excluding hydrogens is 226 g/mol. The SMILES string of the molecule is Cc1nccnc1C(C)NCCOC1CCCC1. The highest BCUT2D eigenvalue weighted by Crippen LogP contribution is 2.20. The molecule has 1 atom stereocenters. The van der Waals surface area contributed by atoms with Gasteiger partial charge in [0.1, 0.15) is 0 Å². The van der Waals surface area contributed by atoms with E-state index in [1.807, 2.05) is 6.92 Å². The smallest absolute Gasteiger partial charge is 0.0782 e. The number of hydrogen-bond donors (Lipinski definition) is 1. The van der Waals surface area contributed by atoms with Crippen LogP contribution in [-0.4, -0.2) is 29.2 Å². The van der Waals surface area contributed by atoms with Crippen LogP contribution in [0.1, 0.15) is 50.0 Å². The topological polar surface area (TPSA) is 47.0 Å². The van der Waals surface area contributed by atoms with Gasteiger partial charge in [0.05, 0.1) is 24.1 Å². The summed E-state index contributed by atoms with van der Waals surface area (Å²) in [5.41, 5.74) is 2.02. The second-order valence-electron chi connectivity index (χ2n) is 4.98. The lowest BCUT2D eigenvalue weighted by Crippen LogP contribution is -2.26. The van der Waals surface area contributed by atoms with Crippen LogP contribution in [0.3, 0.4) is 0 Å². The number of aryl methyl sites for hydroxylation is 1. The predicted molar refractivity (Wildman–Crippen MR) is 71.4 cm³/mol. The molecule has 2 rings (SSSR count). The van der Waals surface area contributed by atoms with E-state index in [0.29, 0.717) is 6.10 Å². The quantitative estimate of drug-likeness (QED) is 0.786. The zero-order chi connectivity index (χ0) is 12.8. The fraction of sp³-hybridized carbons (Fsp3) is 0.714. The van der Waals surface area contributed by atoms with Crippen molar-refractivity contribution in [2.24, 2.45) is 0 Å². The molecule has 18 heavy (non-hydrogen) atoms. The Kier molecular flexibility index (Phi) is 5.08. The molecule has 1 aliphatic carbocycles. The van der Waals surface area contributed by atoms with Crippen molar-refractivity contribution in [2.45, 2.75) is 51.7 Å². The van der Waals surface area contributed by atoms with Crippen molar-refractivity contribution in [3.63, 3.8) is 0 Å². The van der Waals surface area contributed by atoms with Gasteiger partial charge in [-0.3, -0.25) is 9.97 Å². The Labute approximate surface area is 109 Å². The summed E-state index contributed by atoms with van der Waals surface area (Å²) in [7, 11) is 0. The molecule has 1 aliphatic rings. The Balaban J connectivity index is 1.68. The molecule has 1 aromatic rings. The Bertz CT molecular complexity index is 364. The third-order valence-electron chi connectivity index (χ3n) is 3.54. The fourth-order valence-electron chi connectivity index (χ4n) is 2.50. The van der Waals surface area contributed by atoms with Gasteiger partial charge in [0, 0.05) is 25.0 Å². The first-order chi connectivity index (χ1) is 8.77. The summed E-state index contributed by atoms with van der Waals surface area (Å²) in [6.07, 6.45) is 9.10. The minimum atomic E-state index is 0.228. The highest BCUT2D eigenvalue weighted by molar-refractivity contribution is 5.12. The zero-order valence-corrected chi connectivity index (χ0v) is 11.4. The van der Waals surface area contributed by atoms with Gasteiger partial charge in [-0.25, -0.2) is 0 Å². The van der Waals surface area contributed by atoms with Gasteiger partial charge < -0.3 is 10.1 Å². The molecule has 0 bridgehead atoms. The lowest BCUT2D eigenvalue weighted by molar-refractivity contribution is 0.0593. The molecule has 0 spiro atoms. The van der Waals surface area contributed by atoms with Crippen molar-refractivity contribution in [3.05, 3.63) is 23.8 Å². The maximum Gasteiger partial charge on any atom is 0.0782 e. The Morgan fingerprint density at radius 2 is 2.06 bits per heavy atom. The standard InChI is InChI=1S/C14H23N3O/c1-11-14(17-8-7-15-11)12(2)16-9-10-18-13-5-3-4-6-13/h7-8,12-13,16H,3-6,9-10H2,1-2H3. The van der Waals surface area contributed by atoms with Crippen LogP contribution in [0.5, 0.6) is 0 Å². The van der Waals surface area contributed by atoms with Crippen LogP contribution in [0.15, 0.2) is 12.4 Å². The maximum atomic E-state index is 5.82. The van der Waals surface area contributed by atoms with Crippen LogP contribution < -0.4 is 5.32 Å². The van der Waals surface area contributed by atoms with E-state index in [2.05, 4.69) is 22.2 Å². The second-order valence-corrected chi connectivity index (χ2v) is 4.98. The van der Waals surface area contributed by atoms with E-state index in [9.17, 15) is 0 Å². The Hall–Kier alpha value is -1.00. The van der Waals surface area contributed by atoms with E-state index < -0.39 is 0 Å². The van der Waals surface area contributed by atoms with E-state index >= 15 is 0 Å². The molecule has 4 heteroatoms. The predicted octanol–water partition coefficient (Wildman–Crippen LogP) is 2.39. The Morgan fingerprint density at radius 3 is 2.78 bits per heavy atom. The van der Waals surface area contributed by atoms with Gasteiger partial charge in [0.15, 0.2) is 0 Å². The van der Waals surface area contributed by atoms with Crippen molar-refractivity contribution in [2.75, 3.05) is 13.2 Å². The highest BCUT2D eigenvalue weighted by atomic mass is 16.5. The summed E-state index contributed by atoms with van der Waals surface area (Å²) in [6, 6.07) is 0.228. The van der Waals surface area contributed by atoms with Crippen molar-refractivity contribution < 1.29 is 4.74 Å². The van der Waals surface area contributed by atoms with Crippen LogP contribution in [0.4, 0.5) is 0 Å². The van der Waals surface area contributed by atoms with Gasteiger partial charge >= 0.3 is 0 Å². The largest absolute Gasteiger partial charge is 0.377 e. The van der Waals surface area contributed by atoms with E-state index in [1.54, 1.807) is 12.4 Å². The van der Waals surface area contributed by atoms with Gasteiger partial charge in [0.25, 0.3) is 0 Å². The van der Waals surface area contributed by atoms with Gasteiger partial charge in [-0.05, 0) is 26.7 Å². The summed E-state index contributed by atoms with van der Waals surface area (Å²) in [5.74, 6) is 0. The summed E-state index contributed by atoms with van der Waals surface area (Å²) in [6.45, 7) is 5.77. The summed E-state index contributed by atoms with van der Waals surface area (Å²) < 4.78 is 5.82. The normalized spacial score (nSPS) is 18.1. The molecule has 0 aliphatic heterocycles. The molecular formula is C14H23N3O. The van der Waals surface area contributed by atoms with E-state index in [0.717, 1.165) is 24.5 Å². The third kappa shape index (κ3) is 3.75. The summed E-state index contributed by atoms with van der Waals surface area (Å²) in [4.78, 5) is 8.63. The molecule has 1 N–H and O–H groups in total. The number of aromatic nitrogens is 2. The van der Waals surface area contributed by atoms with Crippen LogP contribution in [0.25, 0.3) is 0 Å². The lowest BCUT2D eigenvalue weighted by atomic mass is 10.2. The lowest BCUT2D eigenvalue weighted by Gasteiger charge is -2.16. The first-order valence-corrected chi connectivity index (χ1v) is 6.90. The first-order valence-electron chi connectivity index (χ1n) is 6.90. The molecule has 0 radical (unpaired) electrons. The van der Waals surface area contributed by atoms with E-state index in [1.165, 1.54) is 25.7 Å². The monoisotopic (exact) mass is 249 g/mol. The summed E-state index contributed by atoms with van der Waals surface area (Å²) in [5, 5.41) is 3.44. The number of ether oxygens (including phenoxy) is 1. The molecule has 0 aromatic carbocycles. The van der Waals surface area contributed by atoms with Crippen molar-refractivity contribution in [3.8, 4) is 0 Å². The Morgan fingerprint density at radius 1 is 1.33 bits per heavy atom. The van der Waals surface area contributed by atoms with Gasteiger partial charge in [-0.2, -0.15) is 0 Å².